The van der Waals surface area contributed by atoms with Crippen molar-refractivity contribution in [1.82, 2.24) is 14.5 Å². The SMILES string of the molecule is [2H]C([2H])([2H])c1ccc(-c2ccnc(-c3cc(-c4ccccc4)cc(-c4cccc5c4nc(-c4cc(C(C)C)cc(C(C)C)c4O)n5-c4ccc(C([2H])(C)C)cc4-c4ccc(C(C)(C)C)cc4)c3)c2)cc1. The highest BCUT2D eigenvalue weighted by Gasteiger charge is 2.26. The van der Waals surface area contributed by atoms with Crippen molar-refractivity contribution in [2.75, 3.05) is 0 Å². The number of nitrogens with zero attached hydrogens (tertiary/aromatic N) is 3. The van der Waals surface area contributed by atoms with E-state index in [1.807, 2.05) is 50.2 Å². The van der Waals surface area contributed by atoms with Gasteiger partial charge < -0.3 is 5.11 Å². The van der Waals surface area contributed by atoms with Crippen LogP contribution in [0.15, 0.2) is 164 Å². The van der Waals surface area contributed by atoms with Gasteiger partial charge in [-0.2, -0.15) is 0 Å². The first kappa shape index (κ1) is 39.3. The Bertz CT molecular complexity index is 3370. The molecule has 4 heteroatoms. The Balaban J connectivity index is 1.32. The van der Waals surface area contributed by atoms with E-state index in [1.54, 1.807) is 18.3 Å². The first-order valence-electron chi connectivity index (χ1n) is 25.1. The van der Waals surface area contributed by atoms with Crippen LogP contribution >= 0.6 is 0 Å². The van der Waals surface area contributed by atoms with Gasteiger partial charge in [0.25, 0.3) is 0 Å². The van der Waals surface area contributed by atoms with Crippen LogP contribution in [0.1, 0.15) is 113 Å². The molecular formula is C62H61N3O. The van der Waals surface area contributed by atoms with Gasteiger partial charge in [0.15, 0.2) is 0 Å². The monoisotopic (exact) mass is 868 g/mol. The smallest absolute Gasteiger partial charge is 0.149 e. The molecule has 0 saturated carbocycles. The highest BCUT2D eigenvalue weighted by molar-refractivity contribution is 5.98. The molecule has 0 fully saturated rings. The van der Waals surface area contributed by atoms with E-state index in [-0.39, 0.29) is 23.0 Å². The number of pyridine rings is 1. The zero-order valence-electron chi connectivity index (χ0n) is 43.5. The number of imidazole rings is 1. The third kappa shape index (κ3) is 8.61. The zero-order chi connectivity index (χ0) is 49.9. The van der Waals surface area contributed by atoms with Crippen molar-refractivity contribution in [3.8, 4) is 78.6 Å². The topological polar surface area (TPSA) is 50.9 Å². The van der Waals surface area contributed by atoms with Crippen molar-refractivity contribution in [3.63, 3.8) is 0 Å². The number of rotatable bonds is 10. The summed E-state index contributed by atoms with van der Waals surface area (Å²) >= 11 is 0. The van der Waals surface area contributed by atoms with Crippen LogP contribution in [0, 0.1) is 6.85 Å². The molecule has 0 bridgehead atoms. The van der Waals surface area contributed by atoms with Gasteiger partial charge in [0, 0.05) is 28.4 Å². The van der Waals surface area contributed by atoms with E-state index in [9.17, 15) is 5.11 Å². The van der Waals surface area contributed by atoms with Gasteiger partial charge in [-0.1, -0.05) is 171 Å². The van der Waals surface area contributed by atoms with Gasteiger partial charge in [0.1, 0.15) is 11.6 Å². The predicted molar refractivity (Wildman–Crippen MR) is 279 cm³/mol. The van der Waals surface area contributed by atoms with Crippen LogP contribution in [0.25, 0.3) is 83.9 Å². The van der Waals surface area contributed by atoms with Gasteiger partial charge in [-0.3, -0.25) is 9.55 Å². The van der Waals surface area contributed by atoms with Crippen molar-refractivity contribution < 1.29 is 10.6 Å². The minimum Gasteiger partial charge on any atom is -0.507 e. The molecule has 0 atom stereocenters. The lowest BCUT2D eigenvalue weighted by Crippen LogP contribution is -2.10. The maximum absolute atomic E-state index is 12.4. The number of aryl methyl sites for hydroxylation is 1. The average Bonchev–Trinajstić information content (AvgIpc) is 3.72. The molecule has 330 valence electrons. The summed E-state index contributed by atoms with van der Waals surface area (Å²) in [7, 11) is 0. The van der Waals surface area contributed by atoms with Crippen LogP contribution in [-0.2, 0) is 5.41 Å². The summed E-state index contributed by atoms with van der Waals surface area (Å²) in [6, 6.07) is 53.6. The zero-order valence-corrected chi connectivity index (χ0v) is 39.5. The molecule has 0 unspecified atom stereocenters. The summed E-state index contributed by atoms with van der Waals surface area (Å²) in [5.74, 6) is 0.224. The van der Waals surface area contributed by atoms with Gasteiger partial charge in [-0.05, 0) is 140 Å². The maximum Gasteiger partial charge on any atom is 0.149 e. The van der Waals surface area contributed by atoms with E-state index in [0.717, 1.165) is 89.2 Å². The Morgan fingerprint density at radius 1 is 0.561 bits per heavy atom. The van der Waals surface area contributed by atoms with Crippen molar-refractivity contribution in [2.24, 2.45) is 0 Å². The highest BCUT2D eigenvalue weighted by Crippen LogP contribution is 2.45. The summed E-state index contributed by atoms with van der Waals surface area (Å²) in [6.07, 6.45) is 1.80. The first-order chi connectivity index (χ1) is 33.2. The number of fused-ring (bicyclic) bond motifs is 1. The van der Waals surface area contributed by atoms with Crippen molar-refractivity contribution in [2.45, 2.75) is 92.3 Å². The Kier molecular flexibility index (Phi) is 10.6. The number of hydrogen-bond donors (Lipinski definition) is 1. The third-order valence-electron chi connectivity index (χ3n) is 12.9. The lowest BCUT2D eigenvalue weighted by molar-refractivity contribution is 0.466. The Hall–Kier alpha value is -7.04. The van der Waals surface area contributed by atoms with Crippen molar-refractivity contribution >= 4 is 11.0 Å². The van der Waals surface area contributed by atoms with Gasteiger partial charge >= 0.3 is 0 Å². The van der Waals surface area contributed by atoms with E-state index in [0.29, 0.717) is 17.0 Å². The lowest BCUT2D eigenvalue weighted by atomic mass is 9.86. The quantitative estimate of drug-likeness (QED) is 0.149. The second kappa shape index (κ2) is 17.7. The molecule has 0 aliphatic carbocycles. The summed E-state index contributed by atoms with van der Waals surface area (Å²) in [5, 5.41) is 12.4. The van der Waals surface area contributed by atoms with Crippen molar-refractivity contribution in [1.29, 1.82) is 0 Å². The van der Waals surface area contributed by atoms with E-state index in [2.05, 4.69) is 162 Å². The number of para-hydroxylation sites is 1. The molecule has 0 aliphatic rings. The molecule has 0 radical (unpaired) electrons. The standard InChI is InChI=1S/C62H61N3O/c1-38(2)45-25-28-57(54(34-45)44-23-26-51(27-24-44)62(8,9)10)65-58-18-14-17-52(59(58)64-61(65)55-36-47(39(3)4)35-53(40(5)6)60(55)66)49-31-48(42-15-12-11-13-16-42)32-50(33-49)56-37-46(29-30-63-56)43-21-19-41(7)20-22-43/h11-40,66H,1-10H3/i7D3,38D. The second-order valence-corrected chi connectivity index (χ2v) is 19.5. The van der Waals surface area contributed by atoms with Crippen LogP contribution in [0.4, 0.5) is 0 Å². The molecule has 0 spiro atoms. The van der Waals surface area contributed by atoms with Crippen LogP contribution in [0.3, 0.4) is 0 Å². The molecule has 9 rings (SSSR count). The fraction of sp³-hybridized carbons (Fsp3) is 0.226. The maximum atomic E-state index is 12.4. The number of aromatic hydroxyl groups is 1. The summed E-state index contributed by atoms with van der Waals surface area (Å²) in [6.45, 7) is 16.9. The fourth-order valence-corrected chi connectivity index (χ4v) is 8.96. The van der Waals surface area contributed by atoms with E-state index in [1.165, 1.54) is 5.56 Å². The molecule has 4 nitrogen and oxygen atoms in total. The number of aromatic nitrogens is 3. The van der Waals surface area contributed by atoms with Gasteiger partial charge in [-0.25, -0.2) is 4.98 Å². The van der Waals surface area contributed by atoms with Crippen LogP contribution < -0.4 is 0 Å². The fourth-order valence-electron chi connectivity index (χ4n) is 8.96. The Labute approximate surface area is 397 Å². The third-order valence-corrected chi connectivity index (χ3v) is 12.9. The number of hydrogen-bond acceptors (Lipinski definition) is 3. The summed E-state index contributed by atoms with van der Waals surface area (Å²) in [4.78, 5) is 10.5. The highest BCUT2D eigenvalue weighted by atomic mass is 16.3. The molecule has 7 aromatic carbocycles. The number of phenolic OH excluding ortho intramolecular Hbond substituents is 1. The van der Waals surface area contributed by atoms with Gasteiger partial charge in [-0.15, -0.1) is 0 Å². The van der Waals surface area contributed by atoms with Crippen LogP contribution in [0.5, 0.6) is 5.75 Å². The summed E-state index contributed by atoms with van der Waals surface area (Å²) in [5.41, 5.74) is 16.9. The van der Waals surface area contributed by atoms with E-state index < -0.39 is 12.7 Å². The molecule has 0 saturated heterocycles. The Morgan fingerprint density at radius 3 is 1.92 bits per heavy atom. The Morgan fingerprint density at radius 2 is 1.24 bits per heavy atom. The molecule has 0 aliphatic heterocycles. The van der Waals surface area contributed by atoms with Crippen LogP contribution in [-0.4, -0.2) is 19.6 Å². The molecule has 1 N–H and O–H groups in total. The summed E-state index contributed by atoms with van der Waals surface area (Å²) < 4.78 is 35.0. The molecule has 9 aromatic rings. The average molecular weight is 868 g/mol. The molecule has 66 heavy (non-hydrogen) atoms. The lowest BCUT2D eigenvalue weighted by Gasteiger charge is -2.21. The van der Waals surface area contributed by atoms with E-state index >= 15 is 0 Å². The molecular weight excluding hydrogens is 803 g/mol. The normalized spacial score (nSPS) is 13.2. The molecule has 2 heterocycles. The van der Waals surface area contributed by atoms with E-state index in [4.69, 9.17) is 15.5 Å². The molecule has 0 amide bonds. The van der Waals surface area contributed by atoms with Crippen molar-refractivity contribution in [3.05, 3.63) is 192 Å². The van der Waals surface area contributed by atoms with Crippen LogP contribution in [0.2, 0.25) is 0 Å². The first-order valence-corrected chi connectivity index (χ1v) is 23.1. The second-order valence-electron chi connectivity index (χ2n) is 19.5. The number of benzene rings is 7. The largest absolute Gasteiger partial charge is 0.507 e. The minimum atomic E-state index is -2.18. The predicted octanol–water partition coefficient (Wildman–Crippen LogP) is 17.1. The number of phenols is 1. The van der Waals surface area contributed by atoms with Gasteiger partial charge in [0.05, 0.1) is 28.0 Å². The molecule has 2 aromatic heterocycles. The van der Waals surface area contributed by atoms with Gasteiger partial charge in [0.2, 0.25) is 0 Å². The minimum absolute atomic E-state index is 0.0324.